The molecule has 0 heterocycles. The highest BCUT2D eigenvalue weighted by molar-refractivity contribution is 5.76. The van der Waals surface area contributed by atoms with Gasteiger partial charge in [0.15, 0.2) is 0 Å². The molecule has 0 spiro atoms. The maximum atomic E-state index is 12.1. The standard InChI is InChI=1S/C15H31NO3/c1-11(8-15(6,7)18)9-19-12(17)13(2,3)10-14(4,5)16/h11,18H,8-10,16H2,1-7H3. The van der Waals surface area contributed by atoms with E-state index in [2.05, 4.69) is 0 Å². The number of ether oxygens (including phenoxy) is 1. The summed E-state index contributed by atoms with van der Waals surface area (Å²) in [4.78, 5) is 12.1. The zero-order valence-corrected chi connectivity index (χ0v) is 13.5. The van der Waals surface area contributed by atoms with Crippen LogP contribution in [0.5, 0.6) is 0 Å². The molecule has 0 aromatic heterocycles. The van der Waals surface area contributed by atoms with E-state index in [1.807, 2.05) is 34.6 Å². The van der Waals surface area contributed by atoms with Gasteiger partial charge in [-0.25, -0.2) is 0 Å². The summed E-state index contributed by atoms with van der Waals surface area (Å²) in [6.07, 6.45) is 1.17. The number of hydrogen-bond acceptors (Lipinski definition) is 4. The minimum atomic E-state index is -0.736. The van der Waals surface area contributed by atoms with Gasteiger partial charge < -0.3 is 15.6 Å². The van der Waals surface area contributed by atoms with Gasteiger partial charge in [-0.1, -0.05) is 6.92 Å². The molecule has 0 saturated carbocycles. The van der Waals surface area contributed by atoms with Gasteiger partial charge in [-0.15, -0.1) is 0 Å². The van der Waals surface area contributed by atoms with Crippen LogP contribution in [0.3, 0.4) is 0 Å². The zero-order chi connectivity index (χ0) is 15.5. The Labute approximate surface area is 117 Å². The van der Waals surface area contributed by atoms with E-state index in [-0.39, 0.29) is 11.9 Å². The second-order valence-corrected chi connectivity index (χ2v) is 7.77. The topological polar surface area (TPSA) is 72.5 Å². The van der Waals surface area contributed by atoms with Crippen LogP contribution in [-0.2, 0) is 9.53 Å². The number of hydrogen-bond donors (Lipinski definition) is 2. The van der Waals surface area contributed by atoms with Gasteiger partial charge in [0.1, 0.15) is 0 Å². The lowest BCUT2D eigenvalue weighted by atomic mass is 9.80. The Morgan fingerprint density at radius 2 is 1.68 bits per heavy atom. The average molecular weight is 273 g/mol. The number of carbonyl (C=O) groups excluding carboxylic acids is 1. The number of aliphatic hydroxyl groups is 1. The second kappa shape index (κ2) is 6.23. The first kappa shape index (κ1) is 18.4. The van der Waals surface area contributed by atoms with Crippen LogP contribution in [0.2, 0.25) is 0 Å². The molecule has 0 fully saturated rings. The van der Waals surface area contributed by atoms with E-state index in [0.717, 1.165) is 0 Å². The first-order chi connectivity index (χ1) is 8.23. The highest BCUT2D eigenvalue weighted by Crippen LogP contribution is 2.28. The Hall–Kier alpha value is -0.610. The maximum absolute atomic E-state index is 12.1. The predicted octanol–water partition coefficient (Wildman–Crippen LogP) is 2.48. The van der Waals surface area contributed by atoms with E-state index in [9.17, 15) is 9.90 Å². The Bertz CT molecular complexity index is 297. The molecular weight excluding hydrogens is 242 g/mol. The molecule has 0 aliphatic rings. The summed E-state index contributed by atoms with van der Waals surface area (Å²) in [5.74, 6) is -0.0979. The molecule has 0 amide bonds. The summed E-state index contributed by atoms with van der Waals surface area (Å²) in [6.45, 7) is 13.3. The minimum absolute atomic E-state index is 0.130. The molecule has 4 nitrogen and oxygen atoms in total. The summed E-state index contributed by atoms with van der Waals surface area (Å²) in [5.41, 5.74) is 4.23. The van der Waals surface area contributed by atoms with E-state index in [0.29, 0.717) is 19.4 Å². The molecule has 0 bridgehead atoms. The van der Waals surface area contributed by atoms with Crippen LogP contribution in [0.1, 0.15) is 61.3 Å². The van der Waals surface area contributed by atoms with E-state index in [1.54, 1.807) is 13.8 Å². The molecule has 0 aliphatic carbocycles. The van der Waals surface area contributed by atoms with Crippen LogP contribution in [0.4, 0.5) is 0 Å². The van der Waals surface area contributed by atoms with Gasteiger partial charge in [-0.2, -0.15) is 0 Å². The fourth-order valence-corrected chi connectivity index (χ4v) is 2.54. The molecule has 0 aromatic rings. The summed E-state index contributed by atoms with van der Waals surface area (Å²) in [6, 6.07) is 0. The smallest absolute Gasteiger partial charge is 0.311 e. The number of nitrogens with two attached hydrogens (primary N) is 1. The van der Waals surface area contributed by atoms with Gasteiger partial charge >= 0.3 is 5.97 Å². The molecular formula is C15H31NO3. The summed E-state index contributed by atoms with van der Waals surface area (Å²) < 4.78 is 5.35. The van der Waals surface area contributed by atoms with E-state index in [1.165, 1.54) is 0 Å². The van der Waals surface area contributed by atoms with E-state index >= 15 is 0 Å². The van der Waals surface area contributed by atoms with Crippen LogP contribution in [-0.4, -0.2) is 28.8 Å². The Balaban J connectivity index is 4.31. The zero-order valence-electron chi connectivity index (χ0n) is 13.5. The molecule has 114 valence electrons. The highest BCUT2D eigenvalue weighted by Gasteiger charge is 2.34. The summed E-state index contributed by atoms with van der Waals surface area (Å²) >= 11 is 0. The lowest BCUT2D eigenvalue weighted by Crippen LogP contribution is -2.41. The third-order valence-electron chi connectivity index (χ3n) is 2.80. The van der Waals surface area contributed by atoms with Crippen molar-refractivity contribution >= 4 is 5.97 Å². The molecule has 1 atom stereocenters. The molecule has 3 N–H and O–H groups in total. The molecule has 0 rings (SSSR count). The quantitative estimate of drug-likeness (QED) is 0.699. The predicted molar refractivity (Wildman–Crippen MR) is 77.7 cm³/mol. The maximum Gasteiger partial charge on any atom is 0.311 e. The third kappa shape index (κ3) is 9.00. The fraction of sp³-hybridized carbons (Fsp3) is 0.933. The van der Waals surface area contributed by atoms with Gasteiger partial charge in [-0.3, -0.25) is 4.79 Å². The molecule has 0 saturated heterocycles. The SMILES string of the molecule is CC(COC(=O)C(C)(C)CC(C)(C)N)CC(C)(C)O. The Kier molecular flexibility index (Phi) is 6.03. The minimum Gasteiger partial charge on any atom is -0.465 e. The Morgan fingerprint density at radius 3 is 2.05 bits per heavy atom. The number of carbonyl (C=O) groups is 1. The van der Waals surface area contributed by atoms with Crippen LogP contribution in [0.15, 0.2) is 0 Å². The molecule has 0 radical (unpaired) electrons. The van der Waals surface area contributed by atoms with Crippen LogP contribution >= 0.6 is 0 Å². The van der Waals surface area contributed by atoms with Crippen molar-refractivity contribution in [3.05, 3.63) is 0 Å². The number of esters is 1. The normalized spacial score (nSPS) is 15.2. The van der Waals surface area contributed by atoms with E-state index in [4.69, 9.17) is 10.5 Å². The van der Waals surface area contributed by atoms with Crippen molar-refractivity contribution < 1.29 is 14.6 Å². The van der Waals surface area contributed by atoms with Crippen molar-refractivity contribution in [3.63, 3.8) is 0 Å². The second-order valence-electron chi connectivity index (χ2n) is 7.77. The fourth-order valence-electron chi connectivity index (χ4n) is 2.54. The van der Waals surface area contributed by atoms with Crippen molar-refractivity contribution in [1.82, 2.24) is 0 Å². The summed E-state index contributed by atoms with van der Waals surface area (Å²) in [5, 5.41) is 9.71. The highest BCUT2D eigenvalue weighted by atomic mass is 16.5. The van der Waals surface area contributed by atoms with Gasteiger partial charge in [0.25, 0.3) is 0 Å². The average Bonchev–Trinajstić information content (AvgIpc) is 2.06. The van der Waals surface area contributed by atoms with Gasteiger partial charge in [-0.05, 0) is 60.3 Å². The van der Waals surface area contributed by atoms with Crippen LogP contribution in [0, 0.1) is 11.3 Å². The first-order valence-corrected chi connectivity index (χ1v) is 6.91. The molecule has 0 aliphatic heterocycles. The van der Waals surface area contributed by atoms with Crippen molar-refractivity contribution in [2.24, 2.45) is 17.1 Å². The molecule has 19 heavy (non-hydrogen) atoms. The molecule has 0 aromatic carbocycles. The Morgan fingerprint density at radius 1 is 1.21 bits per heavy atom. The number of rotatable bonds is 7. The van der Waals surface area contributed by atoms with Crippen molar-refractivity contribution in [2.75, 3.05) is 6.61 Å². The van der Waals surface area contributed by atoms with Gasteiger partial charge in [0, 0.05) is 5.54 Å². The molecule has 4 heteroatoms. The van der Waals surface area contributed by atoms with Crippen molar-refractivity contribution in [3.8, 4) is 0 Å². The summed E-state index contributed by atoms with van der Waals surface area (Å²) in [7, 11) is 0. The first-order valence-electron chi connectivity index (χ1n) is 6.91. The van der Waals surface area contributed by atoms with Gasteiger partial charge in [0.05, 0.1) is 17.6 Å². The largest absolute Gasteiger partial charge is 0.465 e. The lowest BCUT2D eigenvalue weighted by molar-refractivity contribution is -0.157. The van der Waals surface area contributed by atoms with E-state index < -0.39 is 16.6 Å². The van der Waals surface area contributed by atoms with Crippen molar-refractivity contribution in [2.45, 2.75) is 72.4 Å². The van der Waals surface area contributed by atoms with Crippen LogP contribution in [0.25, 0.3) is 0 Å². The van der Waals surface area contributed by atoms with Crippen LogP contribution < -0.4 is 5.73 Å². The van der Waals surface area contributed by atoms with Crippen molar-refractivity contribution in [1.29, 1.82) is 0 Å². The monoisotopic (exact) mass is 273 g/mol. The molecule has 1 unspecified atom stereocenters. The lowest BCUT2D eigenvalue weighted by Gasteiger charge is -2.31. The third-order valence-corrected chi connectivity index (χ3v) is 2.80. The van der Waals surface area contributed by atoms with Gasteiger partial charge in [0.2, 0.25) is 0 Å².